The van der Waals surface area contributed by atoms with Gasteiger partial charge in [-0.1, -0.05) is 72.8 Å². The smallest absolute Gasteiger partial charge is 0.325 e. The maximum Gasteiger partial charge on any atom is 0.325 e. The first-order valence-electron chi connectivity index (χ1n) is 14.7. The summed E-state index contributed by atoms with van der Waals surface area (Å²) in [6.07, 6.45) is 0. The van der Waals surface area contributed by atoms with Gasteiger partial charge in [-0.2, -0.15) is 0 Å². The molecule has 8 aromatic rings. The van der Waals surface area contributed by atoms with Gasteiger partial charge in [0.2, 0.25) is 5.49 Å². The lowest BCUT2D eigenvalue weighted by molar-refractivity contribution is -0.647. The van der Waals surface area contributed by atoms with Crippen molar-refractivity contribution in [3.8, 4) is 22.5 Å². The molecule has 5 nitrogen and oxygen atoms in total. The number of para-hydroxylation sites is 4. The highest BCUT2D eigenvalue weighted by atomic mass is 15.1. The summed E-state index contributed by atoms with van der Waals surface area (Å²) in [4.78, 5) is 5.22. The standard InChI is InChI=1S/C38H32N5/c1-40-33(29-17-9-15-27-25-13-5-7-19-31(25)42(3)37(27)29)21-11-23-35(40)39-36-24-12-22-34(41(36)2)30-18-10-16-28-26-14-6-8-20-32(26)43(4)38(28)30/h5-24H,1-4H3/q+1. The minimum Gasteiger partial charge on any atom is -0.343 e. The molecule has 0 aliphatic carbocycles. The molecule has 0 aliphatic rings. The summed E-state index contributed by atoms with van der Waals surface area (Å²) in [5.41, 5.74) is 10.4. The summed E-state index contributed by atoms with van der Waals surface area (Å²) in [6.45, 7) is 0. The van der Waals surface area contributed by atoms with Crippen LogP contribution in [0.25, 0.3) is 66.1 Å². The molecule has 43 heavy (non-hydrogen) atoms. The first kappa shape index (κ1) is 25.3. The highest BCUT2D eigenvalue weighted by Crippen LogP contribution is 2.36. The van der Waals surface area contributed by atoms with Crippen LogP contribution in [0.2, 0.25) is 0 Å². The summed E-state index contributed by atoms with van der Waals surface area (Å²) in [5, 5.41) is 5.07. The van der Waals surface area contributed by atoms with E-state index in [4.69, 9.17) is 4.99 Å². The molecule has 0 saturated carbocycles. The molecule has 5 heteroatoms. The lowest BCUT2D eigenvalue weighted by Crippen LogP contribution is -2.32. The number of aromatic nitrogens is 4. The first-order chi connectivity index (χ1) is 21.0. The lowest BCUT2D eigenvalue weighted by atomic mass is 10.1. The van der Waals surface area contributed by atoms with Crippen molar-refractivity contribution < 1.29 is 4.57 Å². The lowest BCUT2D eigenvalue weighted by Gasteiger charge is -2.11. The molecular formula is C38H32N5+. The number of nitrogens with zero attached hydrogens (tertiary/aromatic N) is 5. The molecule has 208 valence electrons. The van der Waals surface area contributed by atoms with Gasteiger partial charge in [-0.15, -0.1) is 0 Å². The van der Waals surface area contributed by atoms with E-state index in [2.05, 4.69) is 168 Å². The maximum atomic E-state index is 5.22. The predicted molar refractivity (Wildman–Crippen MR) is 177 cm³/mol. The Morgan fingerprint density at radius 1 is 0.488 bits per heavy atom. The van der Waals surface area contributed by atoms with Crippen molar-refractivity contribution in [3.63, 3.8) is 0 Å². The highest BCUT2D eigenvalue weighted by Gasteiger charge is 2.19. The second-order valence-electron chi connectivity index (χ2n) is 11.3. The number of hydrogen-bond donors (Lipinski definition) is 0. The number of aryl methyl sites for hydroxylation is 2. The molecule has 0 aliphatic heterocycles. The fourth-order valence-electron chi connectivity index (χ4n) is 6.91. The molecule has 0 amide bonds. The molecule has 0 atom stereocenters. The van der Waals surface area contributed by atoms with Crippen molar-refractivity contribution in [3.05, 3.63) is 127 Å². The van der Waals surface area contributed by atoms with Gasteiger partial charge in [-0.25, -0.2) is 4.57 Å². The molecule has 0 spiro atoms. The molecule has 0 N–H and O–H groups in total. The normalized spacial score (nSPS) is 12.3. The molecule has 0 radical (unpaired) electrons. The summed E-state index contributed by atoms with van der Waals surface area (Å²) in [5.74, 6) is 0.892. The van der Waals surface area contributed by atoms with E-state index in [-0.39, 0.29) is 0 Å². The van der Waals surface area contributed by atoms with Crippen LogP contribution in [0.5, 0.6) is 0 Å². The van der Waals surface area contributed by atoms with Crippen molar-refractivity contribution in [2.75, 3.05) is 0 Å². The Morgan fingerprint density at radius 3 is 1.70 bits per heavy atom. The topological polar surface area (TPSA) is 31.0 Å². The van der Waals surface area contributed by atoms with Gasteiger partial charge in [0.25, 0.3) is 0 Å². The van der Waals surface area contributed by atoms with E-state index in [1.54, 1.807) is 0 Å². The second kappa shape index (κ2) is 9.57. The van der Waals surface area contributed by atoms with Crippen LogP contribution in [-0.2, 0) is 28.2 Å². The fourth-order valence-corrected chi connectivity index (χ4v) is 6.91. The summed E-state index contributed by atoms with van der Waals surface area (Å²) in [7, 11) is 8.53. The van der Waals surface area contributed by atoms with Gasteiger partial charge in [-0.3, -0.25) is 0 Å². The van der Waals surface area contributed by atoms with Crippen LogP contribution in [0.3, 0.4) is 0 Å². The van der Waals surface area contributed by atoms with Crippen molar-refractivity contribution in [1.29, 1.82) is 0 Å². The number of pyridine rings is 2. The summed E-state index contributed by atoms with van der Waals surface area (Å²) >= 11 is 0. The van der Waals surface area contributed by atoms with Crippen LogP contribution in [0.4, 0.5) is 5.82 Å². The summed E-state index contributed by atoms with van der Waals surface area (Å²) in [6, 6.07) is 43.2. The molecule has 0 unspecified atom stereocenters. The molecule has 0 fully saturated rings. The minimum absolute atomic E-state index is 0.892. The molecule has 4 heterocycles. The van der Waals surface area contributed by atoms with Gasteiger partial charge < -0.3 is 13.7 Å². The maximum absolute atomic E-state index is 5.22. The SMILES string of the molecule is Cn1c(-c2cccc3c4ccccc4n(C)c23)ccc/c1=N/c1cccc(-c2cccc3c4ccccc4n(C)c23)[n+]1C. The van der Waals surface area contributed by atoms with Gasteiger partial charge in [0.1, 0.15) is 5.69 Å². The quantitative estimate of drug-likeness (QED) is 0.199. The van der Waals surface area contributed by atoms with Gasteiger partial charge in [0, 0.05) is 77.0 Å². The molecule has 0 bridgehead atoms. The molecule has 4 aromatic carbocycles. The van der Waals surface area contributed by atoms with Crippen LogP contribution in [-0.4, -0.2) is 13.7 Å². The zero-order valence-corrected chi connectivity index (χ0v) is 24.8. The second-order valence-corrected chi connectivity index (χ2v) is 11.3. The Bertz CT molecular complexity index is 2450. The van der Waals surface area contributed by atoms with Gasteiger partial charge >= 0.3 is 5.82 Å². The van der Waals surface area contributed by atoms with Gasteiger partial charge in [-0.05, 0) is 41.4 Å². The van der Waals surface area contributed by atoms with Gasteiger partial charge in [0.05, 0.1) is 23.8 Å². The third kappa shape index (κ3) is 3.71. The largest absolute Gasteiger partial charge is 0.343 e. The fraction of sp³-hybridized carbons (Fsp3) is 0.105. The third-order valence-electron chi connectivity index (χ3n) is 9.04. The van der Waals surface area contributed by atoms with Crippen LogP contribution >= 0.6 is 0 Å². The number of benzene rings is 4. The van der Waals surface area contributed by atoms with Gasteiger partial charge in [0.15, 0.2) is 0 Å². The average molecular weight is 559 g/mol. The van der Waals surface area contributed by atoms with Crippen molar-refractivity contribution in [1.82, 2.24) is 13.7 Å². The Kier molecular flexibility index (Phi) is 5.63. The monoisotopic (exact) mass is 558 g/mol. The van der Waals surface area contributed by atoms with E-state index in [1.165, 1.54) is 54.7 Å². The van der Waals surface area contributed by atoms with Crippen LogP contribution < -0.4 is 10.1 Å². The van der Waals surface area contributed by atoms with Crippen molar-refractivity contribution in [2.45, 2.75) is 0 Å². The molecule has 8 rings (SSSR count). The molecule has 4 aromatic heterocycles. The average Bonchev–Trinajstić information content (AvgIpc) is 3.50. The van der Waals surface area contributed by atoms with E-state index >= 15 is 0 Å². The Hall–Kier alpha value is -5.42. The zero-order chi connectivity index (χ0) is 29.2. The number of rotatable bonds is 3. The summed E-state index contributed by atoms with van der Waals surface area (Å²) < 4.78 is 9.01. The Labute approximate surface area is 249 Å². The highest BCUT2D eigenvalue weighted by molar-refractivity contribution is 6.13. The van der Waals surface area contributed by atoms with E-state index in [1.807, 2.05) is 0 Å². The minimum atomic E-state index is 0.892. The third-order valence-corrected chi connectivity index (χ3v) is 9.04. The number of fused-ring (bicyclic) bond motifs is 6. The van der Waals surface area contributed by atoms with Crippen molar-refractivity contribution >= 4 is 49.4 Å². The Balaban J connectivity index is 1.31. The zero-order valence-electron chi connectivity index (χ0n) is 24.8. The van der Waals surface area contributed by atoms with Crippen LogP contribution in [0, 0.1) is 0 Å². The van der Waals surface area contributed by atoms with E-state index in [0.29, 0.717) is 0 Å². The first-order valence-corrected chi connectivity index (χ1v) is 14.7. The van der Waals surface area contributed by atoms with Crippen molar-refractivity contribution in [2.24, 2.45) is 33.2 Å². The van der Waals surface area contributed by atoms with E-state index in [9.17, 15) is 0 Å². The predicted octanol–water partition coefficient (Wildman–Crippen LogP) is 7.71. The van der Waals surface area contributed by atoms with E-state index in [0.717, 1.165) is 22.7 Å². The Morgan fingerprint density at radius 2 is 1.02 bits per heavy atom. The number of hydrogen-bond acceptors (Lipinski definition) is 1. The van der Waals surface area contributed by atoms with Crippen LogP contribution in [0.15, 0.2) is 126 Å². The van der Waals surface area contributed by atoms with E-state index < -0.39 is 0 Å². The molecular weight excluding hydrogens is 526 g/mol. The molecule has 0 saturated heterocycles. The van der Waals surface area contributed by atoms with Crippen LogP contribution in [0.1, 0.15) is 0 Å².